The molecule has 1 aliphatic rings. The zero-order valence-corrected chi connectivity index (χ0v) is 17.2. The van der Waals surface area contributed by atoms with Crippen molar-refractivity contribution in [1.29, 1.82) is 0 Å². The highest BCUT2D eigenvalue weighted by Gasteiger charge is 2.20. The van der Waals surface area contributed by atoms with E-state index in [9.17, 15) is 4.79 Å². The standard InChI is InChI=1S/C20H26ClN5O2/c1-14(2)24-19(27)12-25-6-8-26(9-7-25)18-11-20(23-13-22-18)28-16-4-5-17(21)15(3)10-16/h4-5,10-11,13-14H,6-9,12H2,1-3H3,(H,24,27). The van der Waals surface area contributed by atoms with Crippen molar-refractivity contribution in [3.8, 4) is 11.6 Å². The number of nitrogens with zero attached hydrogens (tertiary/aromatic N) is 4. The normalized spacial score (nSPS) is 15.0. The number of halogens is 1. The molecule has 1 amide bonds. The van der Waals surface area contributed by atoms with Crippen LogP contribution >= 0.6 is 11.6 Å². The second kappa shape index (κ2) is 9.21. The number of benzene rings is 1. The third kappa shape index (κ3) is 5.56. The lowest BCUT2D eigenvalue weighted by Gasteiger charge is -2.35. The summed E-state index contributed by atoms with van der Waals surface area (Å²) in [6.45, 7) is 9.51. The summed E-state index contributed by atoms with van der Waals surface area (Å²) < 4.78 is 5.86. The molecule has 28 heavy (non-hydrogen) atoms. The molecule has 0 bridgehead atoms. The third-order valence-electron chi connectivity index (χ3n) is 4.49. The lowest BCUT2D eigenvalue weighted by Crippen LogP contribution is -2.50. The van der Waals surface area contributed by atoms with Gasteiger partial charge in [0, 0.05) is 43.3 Å². The number of rotatable bonds is 6. The van der Waals surface area contributed by atoms with E-state index < -0.39 is 0 Å². The molecule has 1 aliphatic heterocycles. The second-order valence-electron chi connectivity index (χ2n) is 7.21. The van der Waals surface area contributed by atoms with Crippen LogP contribution in [0.4, 0.5) is 5.82 Å². The molecule has 7 nitrogen and oxygen atoms in total. The van der Waals surface area contributed by atoms with Crippen LogP contribution in [0.1, 0.15) is 19.4 Å². The summed E-state index contributed by atoms with van der Waals surface area (Å²) in [6, 6.07) is 7.51. The average molecular weight is 404 g/mol. The molecule has 0 aliphatic carbocycles. The summed E-state index contributed by atoms with van der Waals surface area (Å²) in [4.78, 5) is 24.8. The minimum atomic E-state index is 0.0689. The van der Waals surface area contributed by atoms with Gasteiger partial charge in [-0.05, 0) is 44.5 Å². The Hall–Kier alpha value is -2.38. The molecule has 1 saturated heterocycles. The largest absolute Gasteiger partial charge is 0.439 e. The lowest BCUT2D eigenvalue weighted by molar-refractivity contribution is -0.122. The van der Waals surface area contributed by atoms with Gasteiger partial charge in [-0.15, -0.1) is 0 Å². The van der Waals surface area contributed by atoms with Crippen LogP contribution < -0.4 is 15.0 Å². The zero-order chi connectivity index (χ0) is 20.1. The van der Waals surface area contributed by atoms with E-state index in [4.69, 9.17) is 16.3 Å². The smallest absolute Gasteiger partial charge is 0.234 e. The first-order valence-corrected chi connectivity index (χ1v) is 9.81. The number of anilines is 1. The Morgan fingerprint density at radius 3 is 2.64 bits per heavy atom. The minimum Gasteiger partial charge on any atom is -0.439 e. The van der Waals surface area contributed by atoms with Gasteiger partial charge in [-0.2, -0.15) is 0 Å². The van der Waals surface area contributed by atoms with Crippen LogP contribution in [-0.4, -0.2) is 59.5 Å². The summed E-state index contributed by atoms with van der Waals surface area (Å²) >= 11 is 6.06. The van der Waals surface area contributed by atoms with Gasteiger partial charge in [0.2, 0.25) is 11.8 Å². The molecule has 1 aromatic heterocycles. The first-order valence-electron chi connectivity index (χ1n) is 9.43. The Labute approximate surface area is 170 Å². The number of ether oxygens (including phenoxy) is 1. The second-order valence-corrected chi connectivity index (χ2v) is 7.62. The van der Waals surface area contributed by atoms with Crippen molar-refractivity contribution < 1.29 is 9.53 Å². The summed E-state index contributed by atoms with van der Waals surface area (Å²) in [5, 5.41) is 3.64. The zero-order valence-electron chi connectivity index (χ0n) is 16.5. The van der Waals surface area contributed by atoms with Crippen LogP contribution in [-0.2, 0) is 4.79 Å². The van der Waals surface area contributed by atoms with Crippen molar-refractivity contribution in [3.05, 3.63) is 41.2 Å². The molecular formula is C20H26ClN5O2. The van der Waals surface area contributed by atoms with Gasteiger partial charge in [0.1, 0.15) is 17.9 Å². The molecule has 2 heterocycles. The van der Waals surface area contributed by atoms with Gasteiger partial charge in [0.25, 0.3) is 0 Å². The molecule has 1 fully saturated rings. The quantitative estimate of drug-likeness (QED) is 0.799. The van der Waals surface area contributed by atoms with Crippen LogP contribution in [0, 0.1) is 6.92 Å². The highest BCUT2D eigenvalue weighted by molar-refractivity contribution is 6.31. The molecule has 0 spiro atoms. The lowest BCUT2D eigenvalue weighted by atomic mass is 10.2. The molecule has 0 saturated carbocycles. The van der Waals surface area contributed by atoms with Crippen molar-refractivity contribution in [2.75, 3.05) is 37.6 Å². The maximum atomic E-state index is 11.9. The number of carbonyl (C=O) groups is 1. The van der Waals surface area contributed by atoms with Crippen LogP contribution in [0.2, 0.25) is 5.02 Å². The third-order valence-corrected chi connectivity index (χ3v) is 4.92. The van der Waals surface area contributed by atoms with Gasteiger partial charge in [-0.1, -0.05) is 11.6 Å². The summed E-state index contributed by atoms with van der Waals surface area (Å²) in [7, 11) is 0. The molecule has 0 atom stereocenters. The van der Waals surface area contributed by atoms with Gasteiger partial charge < -0.3 is 15.0 Å². The number of carbonyl (C=O) groups excluding carboxylic acids is 1. The Kier molecular flexibility index (Phi) is 6.70. The van der Waals surface area contributed by atoms with Crippen LogP contribution in [0.15, 0.2) is 30.6 Å². The Morgan fingerprint density at radius 1 is 1.21 bits per heavy atom. The molecular weight excluding hydrogens is 378 g/mol. The van der Waals surface area contributed by atoms with Crippen molar-refractivity contribution in [1.82, 2.24) is 20.2 Å². The van der Waals surface area contributed by atoms with E-state index in [1.165, 1.54) is 6.33 Å². The molecule has 0 radical (unpaired) electrons. The highest BCUT2D eigenvalue weighted by Crippen LogP contribution is 2.26. The predicted octanol–water partition coefficient (Wildman–Crippen LogP) is 2.88. The van der Waals surface area contributed by atoms with E-state index in [2.05, 4.69) is 25.1 Å². The van der Waals surface area contributed by atoms with Crippen molar-refractivity contribution in [3.63, 3.8) is 0 Å². The van der Waals surface area contributed by atoms with E-state index in [0.717, 1.165) is 37.6 Å². The molecule has 2 aromatic rings. The van der Waals surface area contributed by atoms with E-state index in [0.29, 0.717) is 23.2 Å². The summed E-state index contributed by atoms with van der Waals surface area (Å²) in [5.41, 5.74) is 0.950. The van der Waals surface area contributed by atoms with Gasteiger partial charge in [-0.25, -0.2) is 9.97 Å². The summed E-state index contributed by atoms with van der Waals surface area (Å²) in [5.74, 6) is 2.07. The molecule has 1 aromatic carbocycles. The number of aryl methyl sites for hydroxylation is 1. The van der Waals surface area contributed by atoms with Gasteiger partial charge in [0.15, 0.2) is 0 Å². The van der Waals surface area contributed by atoms with E-state index in [-0.39, 0.29) is 11.9 Å². The number of hydrogen-bond acceptors (Lipinski definition) is 6. The van der Waals surface area contributed by atoms with Crippen molar-refractivity contribution >= 4 is 23.3 Å². The Bertz CT molecular complexity index is 822. The van der Waals surface area contributed by atoms with Gasteiger partial charge >= 0.3 is 0 Å². The summed E-state index contributed by atoms with van der Waals surface area (Å²) in [6.07, 6.45) is 1.51. The Morgan fingerprint density at radius 2 is 1.96 bits per heavy atom. The van der Waals surface area contributed by atoms with E-state index in [1.807, 2.05) is 45.0 Å². The predicted molar refractivity (Wildman–Crippen MR) is 110 cm³/mol. The number of amides is 1. The van der Waals surface area contributed by atoms with E-state index >= 15 is 0 Å². The first kappa shape index (κ1) is 20.4. The Balaban J connectivity index is 1.57. The number of piperazine rings is 1. The number of aromatic nitrogens is 2. The van der Waals surface area contributed by atoms with Crippen molar-refractivity contribution in [2.45, 2.75) is 26.8 Å². The fraction of sp³-hybridized carbons (Fsp3) is 0.450. The number of nitrogens with one attached hydrogen (secondary N) is 1. The molecule has 8 heteroatoms. The monoisotopic (exact) mass is 403 g/mol. The van der Waals surface area contributed by atoms with E-state index in [1.54, 1.807) is 0 Å². The average Bonchev–Trinajstić information content (AvgIpc) is 2.65. The molecule has 150 valence electrons. The maximum Gasteiger partial charge on any atom is 0.234 e. The van der Waals surface area contributed by atoms with Gasteiger partial charge in [0.05, 0.1) is 6.54 Å². The van der Waals surface area contributed by atoms with Crippen LogP contribution in [0.25, 0.3) is 0 Å². The maximum absolute atomic E-state index is 11.9. The molecule has 3 rings (SSSR count). The fourth-order valence-electron chi connectivity index (χ4n) is 3.07. The topological polar surface area (TPSA) is 70.6 Å². The number of hydrogen-bond donors (Lipinski definition) is 1. The first-order chi connectivity index (χ1) is 13.4. The highest BCUT2D eigenvalue weighted by atomic mass is 35.5. The SMILES string of the molecule is Cc1cc(Oc2cc(N3CCN(CC(=O)NC(C)C)CC3)ncn2)ccc1Cl. The minimum absolute atomic E-state index is 0.0689. The van der Waals surface area contributed by atoms with Crippen LogP contribution in [0.5, 0.6) is 11.6 Å². The van der Waals surface area contributed by atoms with Crippen molar-refractivity contribution in [2.24, 2.45) is 0 Å². The molecule has 0 unspecified atom stereocenters. The molecule has 1 N–H and O–H groups in total. The van der Waals surface area contributed by atoms with Gasteiger partial charge in [-0.3, -0.25) is 9.69 Å². The van der Waals surface area contributed by atoms with Crippen LogP contribution in [0.3, 0.4) is 0 Å². The fourth-order valence-corrected chi connectivity index (χ4v) is 3.18.